The molecule has 2 aliphatic rings. The summed E-state index contributed by atoms with van der Waals surface area (Å²) in [6.45, 7) is 4.69. The Labute approximate surface area is 239 Å². The number of hydroxylamine groups is 1. The Morgan fingerprint density at radius 1 is 1.07 bits per heavy atom. The number of hydrogen-bond acceptors (Lipinski definition) is 5. The summed E-state index contributed by atoms with van der Waals surface area (Å²) in [7, 11) is 0. The van der Waals surface area contributed by atoms with E-state index in [2.05, 4.69) is 10.6 Å². The van der Waals surface area contributed by atoms with Gasteiger partial charge in [-0.25, -0.2) is 9.87 Å². The summed E-state index contributed by atoms with van der Waals surface area (Å²) in [6, 6.07) is 12.9. The molecule has 5 rings (SSSR count). The van der Waals surface area contributed by atoms with Crippen molar-refractivity contribution in [2.75, 3.05) is 5.32 Å². The minimum absolute atomic E-state index is 0.149. The van der Waals surface area contributed by atoms with Crippen LogP contribution in [0.15, 0.2) is 54.6 Å². The van der Waals surface area contributed by atoms with E-state index in [1.807, 2.05) is 0 Å². The van der Waals surface area contributed by atoms with Crippen LogP contribution in [0.3, 0.4) is 0 Å². The molecule has 3 aromatic carbocycles. The minimum atomic E-state index is -1.54. The maximum Gasteiger partial charge on any atom is 0.286 e. The van der Waals surface area contributed by atoms with E-state index < -0.39 is 40.6 Å². The Morgan fingerprint density at radius 2 is 1.77 bits per heavy atom. The fourth-order valence-corrected chi connectivity index (χ4v) is 6.14. The highest BCUT2D eigenvalue weighted by Crippen LogP contribution is 2.59. The molecule has 2 heterocycles. The van der Waals surface area contributed by atoms with Gasteiger partial charge in [0.2, 0.25) is 11.8 Å². The molecule has 1 spiro atoms. The molecule has 0 bridgehead atoms. The lowest BCUT2D eigenvalue weighted by Crippen LogP contribution is -2.57. The molecule has 11 heteroatoms. The van der Waals surface area contributed by atoms with E-state index in [-0.39, 0.29) is 18.1 Å². The molecule has 4 N–H and O–H groups in total. The first kappa shape index (κ1) is 27.9. The van der Waals surface area contributed by atoms with Crippen LogP contribution in [0.2, 0.25) is 10.0 Å². The predicted octanol–water partition coefficient (Wildman–Crippen LogP) is 5.34. The zero-order valence-corrected chi connectivity index (χ0v) is 23.3. The average Bonchev–Trinajstić information content (AvgIpc) is 3.18. The minimum Gasteiger partial charge on any atom is -0.478 e. The van der Waals surface area contributed by atoms with Gasteiger partial charge in [-0.05, 0) is 79.9 Å². The normalized spacial score (nSPS) is 22.0. The number of fused-ring (bicyclic) bond motifs is 2. The summed E-state index contributed by atoms with van der Waals surface area (Å²) in [4.78, 5) is 40.0. The number of rotatable bonds is 5. The van der Waals surface area contributed by atoms with Crippen LogP contribution < -0.4 is 20.9 Å². The van der Waals surface area contributed by atoms with Crippen LogP contribution in [0.5, 0.6) is 5.75 Å². The molecule has 3 amide bonds. The number of carbonyl (C=O) groups excluding carboxylic acids is 3. The van der Waals surface area contributed by atoms with E-state index in [4.69, 9.17) is 27.9 Å². The van der Waals surface area contributed by atoms with Gasteiger partial charge in [-0.15, -0.1) is 0 Å². The number of piperidine rings is 1. The number of aryl methyl sites for hydroxylation is 1. The molecule has 0 aliphatic carbocycles. The molecule has 8 nitrogen and oxygen atoms in total. The first-order chi connectivity index (χ1) is 18.9. The number of halogens is 3. The largest absolute Gasteiger partial charge is 0.478 e. The highest BCUT2D eigenvalue weighted by atomic mass is 35.5. The van der Waals surface area contributed by atoms with Crippen LogP contribution in [0.4, 0.5) is 10.1 Å². The van der Waals surface area contributed by atoms with Crippen molar-refractivity contribution in [3.05, 3.63) is 92.7 Å². The molecule has 3 atom stereocenters. The Balaban J connectivity index is 1.81. The number of benzene rings is 3. The lowest BCUT2D eigenvalue weighted by atomic mass is 9.59. The monoisotopic (exact) mass is 585 g/mol. The van der Waals surface area contributed by atoms with Gasteiger partial charge in [0.1, 0.15) is 17.0 Å². The van der Waals surface area contributed by atoms with Gasteiger partial charge in [0.05, 0.1) is 6.04 Å². The third kappa shape index (κ3) is 4.48. The first-order valence-electron chi connectivity index (χ1n) is 12.5. The van der Waals surface area contributed by atoms with E-state index in [1.54, 1.807) is 54.9 Å². The van der Waals surface area contributed by atoms with Gasteiger partial charge in [-0.1, -0.05) is 35.3 Å². The Morgan fingerprint density at radius 3 is 2.50 bits per heavy atom. The number of carbonyl (C=O) groups is 3. The van der Waals surface area contributed by atoms with Crippen LogP contribution in [0.25, 0.3) is 0 Å². The molecule has 0 saturated carbocycles. The van der Waals surface area contributed by atoms with Crippen molar-refractivity contribution in [3.63, 3.8) is 0 Å². The van der Waals surface area contributed by atoms with Gasteiger partial charge in [0.25, 0.3) is 5.91 Å². The quantitative estimate of drug-likeness (QED) is 0.238. The summed E-state index contributed by atoms with van der Waals surface area (Å²) in [6.07, 6.45) is -0.149. The van der Waals surface area contributed by atoms with E-state index >= 15 is 0 Å². The Kier molecular flexibility index (Phi) is 7.02. The number of ether oxygens (including phenoxy) is 1. The zero-order valence-electron chi connectivity index (χ0n) is 21.8. The van der Waals surface area contributed by atoms with E-state index in [0.29, 0.717) is 38.0 Å². The molecular weight excluding hydrogens is 560 g/mol. The van der Waals surface area contributed by atoms with Crippen molar-refractivity contribution in [1.82, 2.24) is 10.8 Å². The Bertz CT molecular complexity index is 1560. The Hall–Kier alpha value is -3.66. The van der Waals surface area contributed by atoms with Crippen molar-refractivity contribution in [3.8, 4) is 5.75 Å². The summed E-state index contributed by atoms with van der Waals surface area (Å²) in [5.41, 5.74) is 1.07. The van der Waals surface area contributed by atoms with Gasteiger partial charge in [-0.2, -0.15) is 0 Å². The number of amides is 3. The standard InChI is InChI=1S/C29H26Cl2FN3O5/c1-14-4-7-17(32)12-18(14)25-29(20-8-5-16(31)11-22(20)33-27(29)38)21(13-24(36)34-25)19-10-15(30)6-9-23(19)40-28(2,3)26(37)35-39/h4-12,21,25,39H,13H2,1-3H3,(H,33,38)(H,34,36)(H,35,37)/t21-,25+,29?/m1/s1. The van der Waals surface area contributed by atoms with Crippen LogP contribution in [0, 0.1) is 12.7 Å². The van der Waals surface area contributed by atoms with Crippen LogP contribution >= 0.6 is 23.2 Å². The van der Waals surface area contributed by atoms with Crippen molar-refractivity contribution in [1.29, 1.82) is 0 Å². The molecule has 40 heavy (non-hydrogen) atoms. The van der Waals surface area contributed by atoms with Crippen LogP contribution in [0.1, 0.15) is 54.5 Å². The molecule has 208 valence electrons. The average molecular weight is 586 g/mol. The predicted molar refractivity (Wildman–Crippen MR) is 147 cm³/mol. The van der Waals surface area contributed by atoms with Crippen molar-refractivity contribution >= 4 is 46.6 Å². The fraction of sp³-hybridized carbons (Fsp3) is 0.276. The molecule has 0 aromatic heterocycles. The molecule has 1 fully saturated rings. The van der Waals surface area contributed by atoms with Gasteiger partial charge in [0, 0.05) is 33.6 Å². The van der Waals surface area contributed by atoms with Crippen LogP contribution in [-0.4, -0.2) is 28.5 Å². The second-order valence-corrected chi connectivity index (χ2v) is 11.4. The maximum atomic E-state index is 14.6. The highest BCUT2D eigenvalue weighted by molar-refractivity contribution is 6.31. The van der Waals surface area contributed by atoms with Gasteiger partial charge >= 0.3 is 0 Å². The van der Waals surface area contributed by atoms with Crippen molar-refractivity contribution < 1.29 is 28.7 Å². The highest BCUT2D eigenvalue weighted by Gasteiger charge is 2.62. The molecule has 1 saturated heterocycles. The third-order valence-electron chi connectivity index (χ3n) is 7.66. The van der Waals surface area contributed by atoms with E-state index in [1.165, 1.54) is 26.0 Å². The van der Waals surface area contributed by atoms with E-state index in [0.717, 1.165) is 0 Å². The maximum absolute atomic E-state index is 14.6. The second kappa shape index (κ2) is 10.1. The van der Waals surface area contributed by atoms with Gasteiger partial charge < -0.3 is 15.4 Å². The zero-order chi connectivity index (χ0) is 29.0. The topological polar surface area (TPSA) is 117 Å². The van der Waals surface area contributed by atoms with Crippen LogP contribution in [-0.2, 0) is 19.8 Å². The summed E-state index contributed by atoms with van der Waals surface area (Å²) in [5, 5.41) is 15.8. The summed E-state index contributed by atoms with van der Waals surface area (Å²) >= 11 is 12.7. The number of anilines is 1. The molecule has 2 aliphatic heterocycles. The van der Waals surface area contributed by atoms with Gasteiger partial charge in [0.15, 0.2) is 5.60 Å². The third-order valence-corrected chi connectivity index (χ3v) is 8.13. The lowest BCUT2D eigenvalue weighted by molar-refractivity contribution is -0.143. The molecule has 0 radical (unpaired) electrons. The fourth-order valence-electron chi connectivity index (χ4n) is 5.78. The number of hydrogen-bond donors (Lipinski definition) is 4. The molecule has 3 aromatic rings. The van der Waals surface area contributed by atoms with E-state index in [9.17, 15) is 24.0 Å². The van der Waals surface area contributed by atoms with Crippen molar-refractivity contribution in [2.45, 2.75) is 50.2 Å². The SMILES string of the molecule is Cc1ccc(F)cc1[C@@H]1NC(=O)C[C@H](c2cc(Cl)ccc2OC(C)(C)C(=O)NO)C12C(=O)Nc1cc(Cl)ccc12. The lowest BCUT2D eigenvalue weighted by Gasteiger charge is -2.47. The van der Waals surface area contributed by atoms with Gasteiger partial charge in [-0.3, -0.25) is 19.6 Å². The number of nitrogens with one attached hydrogen (secondary N) is 3. The molecular formula is C29H26Cl2FN3O5. The summed E-state index contributed by atoms with van der Waals surface area (Å²) < 4.78 is 20.7. The second-order valence-electron chi connectivity index (χ2n) is 10.5. The van der Waals surface area contributed by atoms with Crippen molar-refractivity contribution in [2.24, 2.45) is 0 Å². The summed E-state index contributed by atoms with van der Waals surface area (Å²) in [5.74, 6) is -2.83. The first-order valence-corrected chi connectivity index (χ1v) is 13.2. The molecule has 1 unspecified atom stereocenters. The smallest absolute Gasteiger partial charge is 0.286 e.